The number of carbonyl (C=O) groups excluding carboxylic acids is 1. The van der Waals surface area contributed by atoms with Crippen molar-refractivity contribution in [2.24, 2.45) is 4.99 Å². The van der Waals surface area contributed by atoms with Gasteiger partial charge in [-0.05, 0) is 26.0 Å². The van der Waals surface area contributed by atoms with Crippen LogP contribution in [0.5, 0.6) is 0 Å². The van der Waals surface area contributed by atoms with Gasteiger partial charge in [0.25, 0.3) is 5.91 Å². The molecule has 3 rings (SSSR count). The van der Waals surface area contributed by atoms with Gasteiger partial charge in [0.15, 0.2) is 4.80 Å². The largest absolute Gasteiger partial charge is 0.383 e. The molecule has 1 amide bonds. The standard InChI is InChI=1S/C18H18ClN3O2S/c1-11-12(2)25-18(22(11)8-9-24-3)21-17(23)14-10-16(19)20-15-7-5-4-6-13(14)15/h4-7,10H,8-9H2,1-3H3. The number of methoxy groups -OCH3 is 1. The zero-order chi connectivity index (χ0) is 18.0. The van der Waals surface area contributed by atoms with Crippen molar-refractivity contribution in [3.63, 3.8) is 0 Å². The fourth-order valence-electron chi connectivity index (χ4n) is 2.60. The Kier molecular flexibility index (Phi) is 5.32. The number of hydrogen-bond donors (Lipinski definition) is 0. The molecule has 0 saturated carbocycles. The molecule has 0 aliphatic carbocycles. The van der Waals surface area contributed by atoms with Gasteiger partial charge in [0.1, 0.15) is 5.15 Å². The highest BCUT2D eigenvalue weighted by atomic mass is 35.5. The maximum atomic E-state index is 12.8. The first-order valence-corrected chi connectivity index (χ1v) is 9.01. The third-order valence-electron chi connectivity index (χ3n) is 4.02. The number of rotatable bonds is 4. The first kappa shape index (κ1) is 17.8. The van der Waals surface area contributed by atoms with Gasteiger partial charge in [-0.2, -0.15) is 4.99 Å². The van der Waals surface area contributed by atoms with Gasteiger partial charge in [-0.3, -0.25) is 4.79 Å². The van der Waals surface area contributed by atoms with E-state index in [1.165, 1.54) is 11.3 Å². The minimum absolute atomic E-state index is 0.281. The van der Waals surface area contributed by atoms with Crippen LogP contribution in [0, 0.1) is 13.8 Å². The molecule has 0 atom stereocenters. The van der Waals surface area contributed by atoms with Crippen LogP contribution in [0.1, 0.15) is 20.9 Å². The number of hydrogen-bond acceptors (Lipinski definition) is 4. The number of halogens is 1. The Morgan fingerprint density at radius 2 is 2.12 bits per heavy atom. The molecule has 0 radical (unpaired) electrons. The van der Waals surface area contributed by atoms with E-state index in [1.54, 1.807) is 13.2 Å². The van der Waals surface area contributed by atoms with Crippen molar-refractivity contribution in [2.75, 3.05) is 13.7 Å². The molecule has 2 heterocycles. The fraction of sp³-hybridized carbons (Fsp3) is 0.278. The van der Waals surface area contributed by atoms with Gasteiger partial charge in [-0.15, -0.1) is 11.3 Å². The van der Waals surface area contributed by atoms with Gasteiger partial charge < -0.3 is 9.30 Å². The Morgan fingerprint density at radius 1 is 1.36 bits per heavy atom. The van der Waals surface area contributed by atoms with Gasteiger partial charge in [-0.25, -0.2) is 4.98 Å². The van der Waals surface area contributed by atoms with E-state index < -0.39 is 0 Å². The molecule has 25 heavy (non-hydrogen) atoms. The number of fused-ring (bicyclic) bond motifs is 1. The van der Waals surface area contributed by atoms with Crippen LogP contribution in [0.15, 0.2) is 35.3 Å². The van der Waals surface area contributed by atoms with E-state index in [-0.39, 0.29) is 11.1 Å². The predicted molar refractivity (Wildman–Crippen MR) is 100 cm³/mol. The van der Waals surface area contributed by atoms with Crippen molar-refractivity contribution in [1.82, 2.24) is 9.55 Å². The van der Waals surface area contributed by atoms with Crippen molar-refractivity contribution >= 4 is 39.7 Å². The Hall–Kier alpha value is -2.02. The van der Waals surface area contributed by atoms with Crippen molar-refractivity contribution < 1.29 is 9.53 Å². The number of ether oxygens (including phenoxy) is 1. The molecule has 130 valence electrons. The minimum Gasteiger partial charge on any atom is -0.383 e. The van der Waals surface area contributed by atoms with Crippen molar-refractivity contribution in [3.05, 3.63) is 56.4 Å². The van der Waals surface area contributed by atoms with Crippen LogP contribution >= 0.6 is 22.9 Å². The lowest BCUT2D eigenvalue weighted by Gasteiger charge is -2.06. The maximum Gasteiger partial charge on any atom is 0.280 e. The van der Waals surface area contributed by atoms with Gasteiger partial charge in [0, 0.05) is 29.6 Å². The lowest BCUT2D eigenvalue weighted by Crippen LogP contribution is -2.20. The first-order valence-electron chi connectivity index (χ1n) is 7.81. The molecule has 0 aliphatic rings. The Balaban J connectivity index is 2.12. The van der Waals surface area contributed by atoms with Crippen LogP contribution < -0.4 is 4.80 Å². The minimum atomic E-state index is -0.326. The number of pyridine rings is 1. The molecule has 0 aliphatic heterocycles. The smallest absolute Gasteiger partial charge is 0.280 e. The van der Waals surface area contributed by atoms with E-state index >= 15 is 0 Å². The monoisotopic (exact) mass is 375 g/mol. The van der Waals surface area contributed by atoms with Gasteiger partial charge in [0.2, 0.25) is 0 Å². The number of nitrogens with zero attached hydrogens (tertiary/aromatic N) is 3. The molecular formula is C18H18ClN3O2S. The molecule has 0 spiro atoms. The van der Waals surface area contributed by atoms with Crippen molar-refractivity contribution in [1.29, 1.82) is 0 Å². The topological polar surface area (TPSA) is 56.5 Å². The van der Waals surface area contributed by atoms with E-state index in [2.05, 4.69) is 9.98 Å². The summed E-state index contributed by atoms with van der Waals surface area (Å²) in [5.41, 5.74) is 2.23. The number of aryl methyl sites for hydroxylation is 1. The third kappa shape index (κ3) is 3.66. The van der Waals surface area contributed by atoms with E-state index in [9.17, 15) is 4.79 Å². The summed E-state index contributed by atoms with van der Waals surface area (Å²) in [6.07, 6.45) is 0. The quantitative estimate of drug-likeness (QED) is 0.652. The summed E-state index contributed by atoms with van der Waals surface area (Å²) in [6.45, 7) is 5.24. The second-order valence-electron chi connectivity index (χ2n) is 5.60. The molecule has 1 aromatic carbocycles. The number of thiazole rings is 1. The third-order valence-corrected chi connectivity index (χ3v) is 5.31. The molecule has 0 saturated heterocycles. The maximum absolute atomic E-state index is 12.8. The average Bonchev–Trinajstić information content (AvgIpc) is 2.85. The molecule has 2 aromatic heterocycles. The normalized spacial score (nSPS) is 12.1. The summed E-state index contributed by atoms with van der Waals surface area (Å²) >= 11 is 7.57. The zero-order valence-corrected chi connectivity index (χ0v) is 15.8. The highest BCUT2D eigenvalue weighted by Crippen LogP contribution is 2.21. The predicted octanol–water partition coefficient (Wildman–Crippen LogP) is 3.76. The van der Waals surface area contributed by atoms with Crippen LogP contribution in [0.3, 0.4) is 0 Å². The number of aromatic nitrogens is 2. The summed E-state index contributed by atoms with van der Waals surface area (Å²) in [6, 6.07) is 8.98. The summed E-state index contributed by atoms with van der Waals surface area (Å²) in [5.74, 6) is -0.326. The molecule has 0 unspecified atom stereocenters. The number of carbonyl (C=O) groups is 1. The lowest BCUT2D eigenvalue weighted by molar-refractivity contribution is 0.0998. The van der Waals surface area contributed by atoms with Crippen LogP contribution in [-0.2, 0) is 11.3 Å². The Morgan fingerprint density at radius 3 is 2.88 bits per heavy atom. The molecule has 7 heteroatoms. The molecule has 3 aromatic rings. The fourth-order valence-corrected chi connectivity index (χ4v) is 3.79. The average molecular weight is 376 g/mol. The number of para-hydroxylation sites is 1. The first-order chi connectivity index (χ1) is 12.0. The van der Waals surface area contributed by atoms with Crippen LogP contribution in [0.4, 0.5) is 0 Å². The van der Waals surface area contributed by atoms with Crippen LogP contribution in [0.25, 0.3) is 10.9 Å². The highest BCUT2D eigenvalue weighted by molar-refractivity contribution is 7.09. The second-order valence-corrected chi connectivity index (χ2v) is 7.17. The van der Waals surface area contributed by atoms with E-state index in [1.807, 2.05) is 42.7 Å². The SMILES string of the molecule is COCCn1c(C)c(C)sc1=NC(=O)c1cc(Cl)nc2ccccc12. The summed E-state index contributed by atoms with van der Waals surface area (Å²) < 4.78 is 7.17. The lowest BCUT2D eigenvalue weighted by atomic mass is 10.1. The van der Waals surface area contributed by atoms with E-state index in [4.69, 9.17) is 16.3 Å². The van der Waals surface area contributed by atoms with Crippen molar-refractivity contribution in [2.45, 2.75) is 20.4 Å². The molecular weight excluding hydrogens is 358 g/mol. The van der Waals surface area contributed by atoms with Crippen molar-refractivity contribution in [3.8, 4) is 0 Å². The van der Waals surface area contributed by atoms with Crippen LogP contribution in [0.2, 0.25) is 5.15 Å². The highest BCUT2D eigenvalue weighted by Gasteiger charge is 2.13. The van der Waals surface area contributed by atoms with E-state index in [0.717, 1.165) is 16.0 Å². The second kappa shape index (κ2) is 7.47. The van der Waals surface area contributed by atoms with E-state index in [0.29, 0.717) is 29.0 Å². The zero-order valence-electron chi connectivity index (χ0n) is 14.2. The molecule has 0 N–H and O–H groups in total. The molecule has 5 nitrogen and oxygen atoms in total. The summed E-state index contributed by atoms with van der Waals surface area (Å²) in [5, 5.41) is 1.03. The van der Waals surface area contributed by atoms with Gasteiger partial charge >= 0.3 is 0 Å². The van der Waals surface area contributed by atoms with Gasteiger partial charge in [-0.1, -0.05) is 29.8 Å². The summed E-state index contributed by atoms with van der Waals surface area (Å²) in [4.78, 5) is 23.2. The van der Waals surface area contributed by atoms with Gasteiger partial charge in [0.05, 0.1) is 17.7 Å². The number of benzene rings is 1. The molecule has 0 fully saturated rings. The Labute approximate surface area is 154 Å². The molecule has 0 bridgehead atoms. The Bertz CT molecular complexity index is 1010. The van der Waals surface area contributed by atoms with Crippen LogP contribution in [-0.4, -0.2) is 29.2 Å². The summed E-state index contributed by atoms with van der Waals surface area (Å²) in [7, 11) is 1.65. The number of amides is 1.